The van der Waals surface area contributed by atoms with Crippen LogP contribution in [0.3, 0.4) is 0 Å². The molecule has 3 aromatic rings. The Morgan fingerprint density at radius 1 is 1.03 bits per heavy atom. The molecule has 0 spiro atoms. The predicted octanol–water partition coefficient (Wildman–Crippen LogP) is 4.44. The molecule has 0 heterocycles. The number of hydrogen-bond donors (Lipinski definition) is 2. The lowest BCUT2D eigenvalue weighted by Gasteiger charge is -2.15. The molecule has 11 heteroatoms. The van der Waals surface area contributed by atoms with Gasteiger partial charge in [-0.1, -0.05) is 24.3 Å². The number of carbonyl (C=O) groups is 2. The molecule has 0 radical (unpaired) electrons. The van der Waals surface area contributed by atoms with Crippen LogP contribution in [0.25, 0.3) is 0 Å². The molecule has 3 aromatic carbocycles. The number of sulfonamides is 1. The second kappa shape index (κ2) is 10.9. The lowest BCUT2D eigenvalue weighted by molar-refractivity contribution is -0.384. The predicted molar refractivity (Wildman–Crippen MR) is 137 cm³/mol. The Morgan fingerprint density at radius 3 is 2.56 bits per heavy atom. The van der Waals surface area contributed by atoms with Crippen LogP contribution in [-0.4, -0.2) is 37.3 Å². The summed E-state index contributed by atoms with van der Waals surface area (Å²) in [7, 11) is -4.40. The molecule has 0 saturated carbocycles. The van der Waals surface area contributed by atoms with Crippen LogP contribution in [0.1, 0.15) is 39.1 Å². The second-order valence-electron chi connectivity index (χ2n) is 8.11. The molecule has 0 bridgehead atoms. The molecule has 1 amide bonds. The van der Waals surface area contributed by atoms with Crippen LogP contribution in [0.2, 0.25) is 0 Å². The zero-order valence-corrected chi connectivity index (χ0v) is 20.7. The van der Waals surface area contributed by atoms with Gasteiger partial charge in [0.1, 0.15) is 5.69 Å². The molecule has 4 rings (SSSR count). The van der Waals surface area contributed by atoms with Gasteiger partial charge in [-0.05, 0) is 54.8 Å². The summed E-state index contributed by atoms with van der Waals surface area (Å²) < 4.78 is 27.6. The average Bonchev–Trinajstić information content (AvgIpc) is 2.87. The summed E-state index contributed by atoms with van der Waals surface area (Å²) in [4.78, 5) is 36.4. The molecule has 1 aliphatic rings. The van der Waals surface area contributed by atoms with Crippen molar-refractivity contribution in [2.24, 2.45) is 0 Å². The third kappa shape index (κ3) is 5.92. The van der Waals surface area contributed by atoms with Crippen LogP contribution in [-0.2, 0) is 16.4 Å². The number of aryl methyl sites for hydroxylation is 1. The first-order valence-electron chi connectivity index (χ1n) is 11.2. The SMILES string of the molecule is O=C(NS(=O)(=O)c1ccc(NCCSc2ccccc2)c([N+](=O)[O-])c1)c1ccc2c(c1)C(=O)CCC2. The molecule has 0 aromatic heterocycles. The summed E-state index contributed by atoms with van der Waals surface area (Å²) in [6.07, 6.45) is 1.84. The lowest BCUT2D eigenvalue weighted by Crippen LogP contribution is -2.31. The zero-order chi connectivity index (χ0) is 25.7. The highest BCUT2D eigenvalue weighted by molar-refractivity contribution is 7.99. The normalized spacial score (nSPS) is 13.1. The van der Waals surface area contributed by atoms with Gasteiger partial charge in [-0.25, -0.2) is 13.1 Å². The largest absolute Gasteiger partial charge is 0.379 e. The maximum atomic E-state index is 12.8. The van der Waals surface area contributed by atoms with Crippen LogP contribution in [0.5, 0.6) is 0 Å². The van der Waals surface area contributed by atoms with Crippen LogP contribution < -0.4 is 10.0 Å². The van der Waals surface area contributed by atoms with Crippen molar-refractivity contribution in [3.63, 3.8) is 0 Å². The summed E-state index contributed by atoms with van der Waals surface area (Å²) in [5, 5.41) is 14.6. The van der Waals surface area contributed by atoms with Gasteiger partial charge < -0.3 is 5.32 Å². The number of thioether (sulfide) groups is 1. The Bertz CT molecular complexity index is 1420. The maximum absolute atomic E-state index is 12.8. The summed E-state index contributed by atoms with van der Waals surface area (Å²) in [6, 6.07) is 17.6. The van der Waals surface area contributed by atoms with Crippen molar-refractivity contribution in [2.75, 3.05) is 17.6 Å². The van der Waals surface area contributed by atoms with Crippen LogP contribution in [0.4, 0.5) is 11.4 Å². The number of nitrogens with zero attached hydrogens (tertiary/aromatic N) is 1. The fraction of sp³-hybridized carbons (Fsp3) is 0.200. The number of nitrogens with one attached hydrogen (secondary N) is 2. The number of amides is 1. The van der Waals surface area contributed by atoms with E-state index < -0.39 is 31.4 Å². The highest BCUT2D eigenvalue weighted by Crippen LogP contribution is 2.28. The van der Waals surface area contributed by atoms with Crippen LogP contribution in [0, 0.1) is 10.1 Å². The van der Waals surface area contributed by atoms with Crippen LogP contribution >= 0.6 is 11.8 Å². The summed E-state index contributed by atoms with van der Waals surface area (Å²) in [6.45, 7) is 0.417. The zero-order valence-electron chi connectivity index (χ0n) is 19.1. The highest BCUT2D eigenvalue weighted by Gasteiger charge is 2.25. The monoisotopic (exact) mass is 525 g/mol. The number of fused-ring (bicyclic) bond motifs is 1. The van der Waals surface area contributed by atoms with Crippen molar-refractivity contribution in [2.45, 2.75) is 29.1 Å². The first kappa shape index (κ1) is 25.4. The van der Waals surface area contributed by atoms with E-state index in [2.05, 4.69) is 5.32 Å². The van der Waals surface area contributed by atoms with Crippen LogP contribution in [0.15, 0.2) is 76.5 Å². The van der Waals surface area contributed by atoms with Gasteiger partial charge in [-0.3, -0.25) is 19.7 Å². The second-order valence-corrected chi connectivity index (χ2v) is 11.0. The van der Waals surface area contributed by atoms with E-state index in [4.69, 9.17) is 0 Å². The summed E-state index contributed by atoms with van der Waals surface area (Å²) in [5.41, 5.74) is 1.02. The molecule has 186 valence electrons. The van der Waals surface area contributed by atoms with E-state index >= 15 is 0 Å². The number of anilines is 1. The minimum Gasteiger partial charge on any atom is -0.379 e. The molecule has 0 saturated heterocycles. The van der Waals surface area contributed by atoms with Gasteiger partial charge in [0.25, 0.3) is 21.6 Å². The summed E-state index contributed by atoms with van der Waals surface area (Å²) in [5.74, 6) is -0.366. The van der Waals surface area contributed by atoms with E-state index in [0.29, 0.717) is 24.3 Å². The number of nitro groups is 1. The third-order valence-electron chi connectivity index (χ3n) is 5.66. The van der Waals surface area contributed by atoms with Crippen molar-refractivity contribution in [1.29, 1.82) is 0 Å². The highest BCUT2D eigenvalue weighted by atomic mass is 32.2. The van der Waals surface area contributed by atoms with E-state index in [1.807, 2.05) is 35.1 Å². The van der Waals surface area contributed by atoms with Gasteiger partial charge in [0.15, 0.2) is 5.78 Å². The number of rotatable bonds is 9. The van der Waals surface area contributed by atoms with Gasteiger partial charge >= 0.3 is 0 Å². The Kier molecular flexibility index (Phi) is 7.70. The van der Waals surface area contributed by atoms with Gasteiger partial charge in [-0.2, -0.15) is 0 Å². The van der Waals surface area contributed by atoms with Crippen molar-refractivity contribution in [3.05, 3.63) is 93.5 Å². The van der Waals surface area contributed by atoms with E-state index in [1.165, 1.54) is 24.3 Å². The van der Waals surface area contributed by atoms with Gasteiger partial charge in [-0.15, -0.1) is 11.8 Å². The summed E-state index contributed by atoms with van der Waals surface area (Å²) >= 11 is 1.58. The molecule has 2 N–H and O–H groups in total. The molecular weight excluding hydrogens is 502 g/mol. The fourth-order valence-electron chi connectivity index (χ4n) is 3.86. The molecular formula is C25H23N3O6S2. The van der Waals surface area contributed by atoms with E-state index in [0.717, 1.165) is 29.4 Å². The number of ketones is 1. The molecule has 0 aliphatic heterocycles. The smallest absolute Gasteiger partial charge is 0.293 e. The van der Waals surface area contributed by atoms with Gasteiger partial charge in [0.05, 0.1) is 9.82 Å². The topological polar surface area (TPSA) is 135 Å². The Morgan fingerprint density at radius 2 is 1.81 bits per heavy atom. The Balaban J connectivity index is 1.46. The molecule has 1 aliphatic carbocycles. The number of Topliss-reactive ketones (excluding diaryl/α,β-unsaturated/α-hetero) is 1. The standard InChI is InChI=1S/C25H23N3O6S2/c29-24-8-4-5-17-9-10-18(15-21(17)24)25(30)27-36(33,34)20-11-12-22(23(16-20)28(31)32)26-13-14-35-19-6-2-1-3-7-19/h1-3,6-7,9-12,15-16,26H,4-5,8,13-14H2,(H,27,30). The lowest BCUT2D eigenvalue weighted by atomic mass is 9.89. The van der Waals surface area contributed by atoms with E-state index in [1.54, 1.807) is 17.8 Å². The number of carbonyl (C=O) groups excluding carboxylic acids is 2. The maximum Gasteiger partial charge on any atom is 0.293 e. The number of nitro benzene ring substituents is 1. The van der Waals surface area contributed by atoms with Gasteiger partial charge in [0.2, 0.25) is 0 Å². The van der Waals surface area contributed by atoms with Crippen molar-refractivity contribution < 1.29 is 22.9 Å². The molecule has 36 heavy (non-hydrogen) atoms. The number of benzene rings is 3. The average molecular weight is 526 g/mol. The molecule has 9 nitrogen and oxygen atoms in total. The minimum atomic E-state index is -4.40. The number of hydrogen-bond acceptors (Lipinski definition) is 8. The molecule has 0 fully saturated rings. The third-order valence-corrected chi connectivity index (χ3v) is 8.00. The van der Waals surface area contributed by atoms with E-state index in [9.17, 15) is 28.1 Å². The minimum absolute atomic E-state index is 0.0243. The first-order chi connectivity index (χ1) is 17.2. The Labute approximate surface area is 212 Å². The fourth-order valence-corrected chi connectivity index (χ4v) is 5.64. The van der Waals surface area contributed by atoms with Crippen molar-refractivity contribution in [1.82, 2.24) is 4.72 Å². The quantitative estimate of drug-likeness (QED) is 0.181. The first-order valence-corrected chi connectivity index (χ1v) is 13.6. The van der Waals surface area contributed by atoms with E-state index in [-0.39, 0.29) is 17.0 Å². The molecule has 0 atom stereocenters. The van der Waals surface area contributed by atoms with Gasteiger partial charge in [0, 0.05) is 40.8 Å². The molecule has 0 unspecified atom stereocenters. The van der Waals surface area contributed by atoms with Crippen molar-refractivity contribution in [3.8, 4) is 0 Å². The van der Waals surface area contributed by atoms with Crippen molar-refractivity contribution >= 4 is 44.9 Å². The Hall–Kier alpha value is -3.70.